The van der Waals surface area contributed by atoms with Crippen LogP contribution in [0.4, 0.5) is 0 Å². The number of H-pyrrole nitrogens is 1. The second-order valence-electron chi connectivity index (χ2n) is 4.65. The number of hydrogen-bond donors (Lipinski definition) is 3. The van der Waals surface area contributed by atoms with Crippen molar-refractivity contribution in [3.8, 4) is 0 Å². The summed E-state index contributed by atoms with van der Waals surface area (Å²) in [6.07, 6.45) is -1.96. The van der Waals surface area contributed by atoms with Gasteiger partial charge in [-0.15, -0.1) is 0 Å². The summed E-state index contributed by atoms with van der Waals surface area (Å²) in [6.45, 7) is 0.628. The zero-order chi connectivity index (χ0) is 15.4. The number of methoxy groups -OCH3 is 1. The number of nitrogens with two attached hydrogens (primary N) is 1. The molecule has 1 aromatic rings. The number of nitrogens with zero attached hydrogens (tertiary/aromatic N) is 1. The van der Waals surface area contributed by atoms with Gasteiger partial charge in [0.05, 0.1) is 13.2 Å². The molecule has 1 aliphatic heterocycles. The maximum atomic E-state index is 11.9. The number of aliphatic hydroxyl groups is 1. The highest BCUT2D eigenvalue weighted by atomic mass is 16.6. The number of aromatic amines is 1. The molecule has 0 aromatic carbocycles. The van der Waals surface area contributed by atoms with Crippen LogP contribution in [0.25, 0.3) is 0 Å². The number of hydrogen-bond acceptors (Lipinski definition) is 7. The van der Waals surface area contributed by atoms with Crippen molar-refractivity contribution in [3.05, 3.63) is 33.1 Å². The SMILES string of the molecule is COC[C@H]1O[C@@H](n2ccc(=O)[nH]c2=O)[C@@H](OCCN)C1O. The molecule has 0 bridgehead atoms. The Morgan fingerprint density at radius 3 is 2.90 bits per heavy atom. The highest BCUT2D eigenvalue weighted by molar-refractivity contribution is 4.94. The van der Waals surface area contributed by atoms with Gasteiger partial charge in [0.2, 0.25) is 0 Å². The average Bonchev–Trinajstić information content (AvgIpc) is 2.74. The van der Waals surface area contributed by atoms with Gasteiger partial charge in [-0.05, 0) is 0 Å². The molecular formula is C12H19N3O6. The van der Waals surface area contributed by atoms with Gasteiger partial charge in [0.1, 0.15) is 18.3 Å². The number of nitrogens with one attached hydrogen (secondary N) is 1. The Morgan fingerprint density at radius 1 is 1.52 bits per heavy atom. The lowest BCUT2D eigenvalue weighted by Crippen LogP contribution is -2.40. The molecule has 4 N–H and O–H groups in total. The summed E-state index contributed by atoms with van der Waals surface area (Å²) in [5.74, 6) is 0. The van der Waals surface area contributed by atoms with E-state index in [1.165, 1.54) is 23.9 Å². The summed E-state index contributed by atoms with van der Waals surface area (Å²) in [7, 11) is 1.48. The molecule has 118 valence electrons. The molecule has 9 nitrogen and oxygen atoms in total. The zero-order valence-corrected chi connectivity index (χ0v) is 11.6. The molecule has 4 atom stereocenters. The molecule has 0 saturated carbocycles. The van der Waals surface area contributed by atoms with E-state index in [4.69, 9.17) is 19.9 Å². The first-order valence-electron chi connectivity index (χ1n) is 6.54. The highest BCUT2D eigenvalue weighted by Gasteiger charge is 2.45. The van der Waals surface area contributed by atoms with Crippen molar-refractivity contribution in [1.82, 2.24) is 9.55 Å². The van der Waals surface area contributed by atoms with E-state index in [-0.39, 0.29) is 19.8 Å². The van der Waals surface area contributed by atoms with Gasteiger partial charge in [-0.1, -0.05) is 0 Å². The third-order valence-corrected chi connectivity index (χ3v) is 3.20. The van der Waals surface area contributed by atoms with Crippen LogP contribution < -0.4 is 17.0 Å². The Balaban J connectivity index is 2.29. The lowest BCUT2D eigenvalue weighted by Gasteiger charge is -2.21. The molecular weight excluding hydrogens is 282 g/mol. The quantitative estimate of drug-likeness (QED) is 0.543. The lowest BCUT2D eigenvalue weighted by molar-refractivity contribution is -0.0750. The minimum absolute atomic E-state index is 0.151. The fourth-order valence-electron chi connectivity index (χ4n) is 2.26. The van der Waals surface area contributed by atoms with Crippen molar-refractivity contribution >= 4 is 0 Å². The van der Waals surface area contributed by atoms with Crippen LogP contribution in [0.3, 0.4) is 0 Å². The van der Waals surface area contributed by atoms with Crippen LogP contribution >= 0.6 is 0 Å². The topological polar surface area (TPSA) is 129 Å². The highest BCUT2D eigenvalue weighted by Crippen LogP contribution is 2.30. The first kappa shape index (κ1) is 15.9. The monoisotopic (exact) mass is 301 g/mol. The van der Waals surface area contributed by atoms with Crippen LogP contribution in [0.5, 0.6) is 0 Å². The smallest absolute Gasteiger partial charge is 0.330 e. The Hall–Kier alpha value is -1.52. The molecule has 1 fully saturated rings. The van der Waals surface area contributed by atoms with Crippen molar-refractivity contribution < 1.29 is 19.3 Å². The molecule has 2 rings (SSSR count). The van der Waals surface area contributed by atoms with Crippen molar-refractivity contribution in [2.24, 2.45) is 5.73 Å². The summed E-state index contributed by atoms with van der Waals surface area (Å²) in [4.78, 5) is 25.1. The van der Waals surface area contributed by atoms with Gasteiger partial charge in [0, 0.05) is 25.9 Å². The maximum Gasteiger partial charge on any atom is 0.330 e. The number of ether oxygens (including phenoxy) is 3. The van der Waals surface area contributed by atoms with Crippen LogP contribution in [-0.2, 0) is 14.2 Å². The van der Waals surface area contributed by atoms with Crippen molar-refractivity contribution in [2.75, 3.05) is 26.9 Å². The maximum absolute atomic E-state index is 11.9. The van der Waals surface area contributed by atoms with Crippen LogP contribution in [0.2, 0.25) is 0 Å². The number of rotatable bonds is 6. The van der Waals surface area contributed by atoms with E-state index in [1.54, 1.807) is 0 Å². The standard InChI is InChI=1S/C12H19N3O6/c1-19-6-7-9(17)10(20-5-3-13)11(21-7)15-4-2-8(16)14-12(15)18/h2,4,7,9-11,17H,3,5-6,13H2,1H3,(H,14,16,18)/t7-,9?,10+,11-/m1/s1. The normalized spacial score (nSPS) is 28.9. The molecule has 2 heterocycles. The Labute approximate surface area is 120 Å². The van der Waals surface area contributed by atoms with Crippen molar-refractivity contribution in [3.63, 3.8) is 0 Å². The fourth-order valence-corrected chi connectivity index (χ4v) is 2.26. The molecule has 1 unspecified atom stereocenters. The predicted octanol–water partition coefficient (Wildman–Crippen LogP) is -2.21. The molecule has 0 spiro atoms. The van der Waals surface area contributed by atoms with E-state index in [1.807, 2.05) is 0 Å². The Kier molecular flexibility index (Phi) is 5.26. The van der Waals surface area contributed by atoms with Gasteiger partial charge in [-0.25, -0.2) is 4.79 Å². The minimum atomic E-state index is -0.972. The van der Waals surface area contributed by atoms with Crippen LogP contribution in [0.15, 0.2) is 21.9 Å². The molecule has 21 heavy (non-hydrogen) atoms. The number of aliphatic hydroxyl groups excluding tert-OH is 1. The van der Waals surface area contributed by atoms with Gasteiger partial charge in [-0.3, -0.25) is 14.3 Å². The van der Waals surface area contributed by atoms with E-state index < -0.39 is 35.8 Å². The first-order valence-corrected chi connectivity index (χ1v) is 6.54. The number of aromatic nitrogens is 2. The van der Waals surface area contributed by atoms with Gasteiger partial charge in [-0.2, -0.15) is 0 Å². The molecule has 1 aliphatic rings. The molecule has 1 aromatic heterocycles. The summed E-state index contributed by atoms with van der Waals surface area (Å²) in [6, 6.07) is 1.20. The Morgan fingerprint density at radius 2 is 2.29 bits per heavy atom. The van der Waals surface area contributed by atoms with E-state index in [0.717, 1.165) is 0 Å². The minimum Gasteiger partial charge on any atom is -0.387 e. The second kappa shape index (κ2) is 6.96. The predicted molar refractivity (Wildman–Crippen MR) is 71.9 cm³/mol. The molecule has 0 radical (unpaired) electrons. The zero-order valence-electron chi connectivity index (χ0n) is 11.6. The lowest BCUT2D eigenvalue weighted by atomic mass is 10.1. The van der Waals surface area contributed by atoms with Crippen molar-refractivity contribution in [2.45, 2.75) is 24.5 Å². The van der Waals surface area contributed by atoms with E-state index in [2.05, 4.69) is 4.98 Å². The largest absolute Gasteiger partial charge is 0.387 e. The summed E-state index contributed by atoms with van der Waals surface area (Å²) in [5, 5.41) is 10.2. The second-order valence-corrected chi connectivity index (χ2v) is 4.65. The summed E-state index contributed by atoms with van der Waals surface area (Å²) < 4.78 is 17.3. The third kappa shape index (κ3) is 3.39. The van der Waals surface area contributed by atoms with Gasteiger partial charge >= 0.3 is 5.69 Å². The van der Waals surface area contributed by atoms with Gasteiger partial charge in [0.25, 0.3) is 5.56 Å². The first-order chi connectivity index (χ1) is 10.1. The van der Waals surface area contributed by atoms with E-state index in [0.29, 0.717) is 0 Å². The van der Waals surface area contributed by atoms with Crippen LogP contribution in [-0.4, -0.2) is 59.8 Å². The molecule has 0 aliphatic carbocycles. The molecule has 0 amide bonds. The third-order valence-electron chi connectivity index (χ3n) is 3.20. The van der Waals surface area contributed by atoms with Gasteiger partial charge in [0.15, 0.2) is 6.23 Å². The van der Waals surface area contributed by atoms with Crippen LogP contribution in [0, 0.1) is 0 Å². The average molecular weight is 301 g/mol. The molecule has 1 saturated heterocycles. The molecule has 9 heteroatoms. The fraction of sp³-hybridized carbons (Fsp3) is 0.667. The van der Waals surface area contributed by atoms with E-state index >= 15 is 0 Å². The van der Waals surface area contributed by atoms with Gasteiger partial charge < -0.3 is 25.1 Å². The summed E-state index contributed by atoms with van der Waals surface area (Å²) >= 11 is 0. The van der Waals surface area contributed by atoms with Crippen LogP contribution in [0.1, 0.15) is 6.23 Å². The summed E-state index contributed by atoms with van der Waals surface area (Å²) in [5.41, 5.74) is 4.24. The Bertz CT molecular complexity index is 571. The van der Waals surface area contributed by atoms with Crippen molar-refractivity contribution in [1.29, 1.82) is 0 Å². The van der Waals surface area contributed by atoms with E-state index in [9.17, 15) is 14.7 Å².